The van der Waals surface area contributed by atoms with Crippen LogP contribution < -0.4 is 5.32 Å². The lowest BCUT2D eigenvalue weighted by atomic mass is 9.97. The number of hydrogen-bond donors (Lipinski definition) is 1. The summed E-state index contributed by atoms with van der Waals surface area (Å²) in [5.74, 6) is -0.0921. The first-order valence-corrected chi connectivity index (χ1v) is 7.51. The second kappa shape index (κ2) is 7.14. The van der Waals surface area contributed by atoms with Gasteiger partial charge in [-0.05, 0) is 63.5 Å². The minimum atomic E-state index is -0.372. The van der Waals surface area contributed by atoms with Crippen molar-refractivity contribution in [1.29, 1.82) is 0 Å². The number of rotatable bonds is 5. The lowest BCUT2D eigenvalue weighted by Gasteiger charge is -2.33. The molecule has 1 aliphatic rings. The maximum Gasteiger partial charge on any atom is 0.128 e. The van der Waals surface area contributed by atoms with Gasteiger partial charge in [-0.2, -0.15) is 0 Å². The van der Waals surface area contributed by atoms with Gasteiger partial charge in [0.1, 0.15) is 11.6 Å². The van der Waals surface area contributed by atoms with Gasteiger partial charge in [0.05, 0.1) is 0 Å². The Hall–Kier alpha value is -1.00. The fourth-order valence-electron chi connectivity index (χ4n) is 3.00. The molecule has 2 nitrogen and oxygen atoms in total. The van der Waals surface area contributed by atoms with E-state index in [0.717, 1.165) is 26.2 Å². The Morgan fingerprint density at radius 2 is 2.20 bits per heavy atom. The molecule has 1 saturated heterocycles. The molecular formula is C16H24F2N2. The molecule has 2 rings (SSSR count). The molecular weight excluding hydrogens is 258 g/mol. The van der Waals surface area contributed by atoms with E-state index < -0.39 is 0 Å². The van der Waals surface area contributed by atoms with Crippen molar-refractivity contribution in [3.63, 3.8) is 0 Å². The van der Waals surface area contributed by atoms with E-state index >= 15 is 0 Å². The molecule has 20 heavy (non-hydrogen) atoms. The number of nitrogens with one attached hydrogen (secondary N) is 1. The molecule has 4 heteroatoms. The van der Waals surface area contributed by atoms with Crippen LogP contribution in [0.1, 0.15) is 38.3 Å². The molecule has 2 unspecified atom stereocenters. The highest BCUT2D eigenvalue weighted by Gasteiger charge is 2.22. The van der Waals surface area contributed by atoms with Crippen LogP contribution in [-0.4, -0.2) is 31.1 Å². The predicted molar refractivity (Wildman–Crippen MR) is 77.6 cm³/mol. The van der Waals surface area contributed by atoms with Gasteiger partial charge in [0, 0.05) is 18.2 Å². The van der Waals surface area contributed by atoms with Crippen LogP contribution in [0.25, 0.3) is 0 Å². The second-order valence-electron chi connectivity index (χ2n) is 5.64. The van der Waals surface area contributed by atoms with Crippen LogP contribution >= 0.6 is 0 Å². The molecule has 1 fully saturated rings. The van der Waals surface area contributed by atoms with Crippen LogP contribution in [0.3, 0.4) is 0 Å². The van der Waals surface area contributed by atoms with Crippen molar-refractivity contribution in [1.82, 2.24) is 10.2 Å². The van der Waals surface area contributed by atoms with E-state index in [0.29, 0.717) is 11.5 Å². The predicted octanol–water partition coefficient (Wildman–Crippen LogP) is 3.35. The SMILES string of the molecule is CCN(CC1CCCNC1)C(C)c1cc(F)ccc1F. The van der Waals surface area contributed by atoms with Crippen LogP contribution in [0.5, 0.6) is 0 Å². The lowest BCUT2D eigenvalue weighted by Crippen LogP contribution is -2.39. The van der Waals surface area contributed by atoms with E-state index in [-0.39, 0.29) is 17.7 Å². The molecule has 112 valence electrons. The zero-order chi connectivity index (χ0) is 14.5. The summed E-state index contributed by atoms with van der Waals surface area (Å²) >= 11 is 0. The Labute approximate surface area is 120 Å². The minimum absolute atomic E-state index is 0.0994. The van der Waals surface area contributed by atoms with Gasteiger partial charge in [0.15, 0.2) is 0 Å². The van der Waals surface area contributed by atoms with Crippen molar-refractivity contribution < 1.29 is 8.78 Å². The number of piperidine rings is 1. The van der Waals surface area contributed by atoms with Crippen LogP contribution in [0.2, 0.25) is 0 Å². The highest BCUT2D eigenvalue weighted by atomic mass is 19.1. The van der Waals surface area contributed by atoms with Gasteiger partial charge in [-0.25, -0.2) is 8.78 Å². The van der Waals surface area contributed by atoms with Crippen molar-refractivity contribution >= 4 is 0 Å². The minimum Gasteiger partial charge on any atom is -0.316 e. The average Bonchev–Trinajstić information content (AvgIpc) is 2.47. The van der Waals surface area contributed by atoms with Crippen LogP contribution in [0, 0.1) is 17.6 Å². The fraction of sp³-hybridized carbons (Fsp3) is 0.625. The molecule has 0 saturated carbocycles. The third kappa shape index (κ3) is 3.76. The topological polar surface area (TPSA) is 15.3 Å². The van der Waals surface area contributed by atoms with Crippen LogP contribution in [0.4, 0.5) is 8.78 Å². The summed E-state index contributed by atoms with van der Waals surface area (Å²) in [6.07, 6.45) is 2.41. The van der Waals surface area contributed by atoms with Crippen molar-refractivity contribution in [2.24, 2.45) is 5.92 Å². The molecule has 1 aromatic rings. The van der Waals surface area contributed by atoms with Gasteiger partial charge in [-0.1, -0.05) is 6.92 Å². The van der Waals surface area contributed by atoms with Gasteiger partial charge < -0.3 is 5.32 Å². The summed E-state index contributed by atoms with van der Waals surface area (Å²) in [7, 11) is 0. The average molecular weight is 282 g/mol. The molecule has 1 N–H and O–H groups in total. The molecule has 0 aromatic heterocycles. The van der Waals surface area contributed by atoms with Crippen molar-refractivity contribution in [3.8, 4) is 0 Å². The summed E-state index contributed by atoms with van der Waals surface area (Å²) in [5.41, 5.74) is 0.454. The molecule has 1 heterocycles. The Kier molecular flexibility index (Phi) is 5.49. The van der Waals surface area contributed by atoms with Gasteiger partial charge in [0.25, 0.3) is 0 Å². The van der Waals surface area contributed by atoms with E-state index in [1.54, 1.807) is 0 Å². The largest absolute Gasteiger partial charge is 0.316 e. The first-order valence-electron chi connectivity index (χ1n) is 7.51. The highest BCUT2D eigenvalue weighted by Crippen LogP contribution is 2.25. The van der Waals surface area contributed by atoms with Gasteiger partial charge in [-0.15, -0.1) is 0 Å². The van der Waals surface area contributed by atoms with Gasteiger partial charge in [-0.3, -0.25) is 4.90 Å². The quantitative estimate of drug-likeness (QED) is 0.891. The van der Waals surface area contributed by atoms with Crippen LogP contribution in [0.15, 0.2) is 18.2 Å². The van der Waals surface area contributed by atoms with Gasteiger partial charge in [0.2, 0.25) is 0 Å². The summed E-state index contributed by atoms with van der Waals surface area (Å²) < 4.78 is 27.2. The summed E-state index contributed by atoms with van der Waals surface area (Å²) in [4.78, 5) is 2.23. The Balaban J connectivity index is 2.07. The number of hydrogen-bond acceptors (Lipinski definition) is 2. The highest BCUT2D eigenvalue weighted by molar-refractivity contribution is 5.22. The van der Waals surface area contributed by atoms with Crippen molar-refractivity contribution in [2.75, 3.05) is 26.2 Å². The monoisotopic (exact) mass is 282 g/mol. The Morgan fingerprint density at radius 3 is 2.85 bits per heavy atom. The summed E-state index contributed by atoms with van der Waals surface area (Å²) in [5, 5.41) is 3.40. The molecule has 0 amide bonds. The number of halogens is 2. The molecule has 0 aliphatic carbocycles. The normalized spacial score (nSPS) is 21.1. The van der Waals surface area contributed by atoms with E-state index in [2.05, 4.69) is 17.1 Å². The van der Waals surface area contributed by atoms with E-state index in [9.17, 15) is 8.78 Å². The molecule has 0 spiro atoms. The maximum absolute atomic E-state index is 13.9. The van der Waals surface area contributed by atoms with E-state index in [1.165, 1.54) is 31.0 Å². The molecule has 0 bridgehead atoms. The van der Waals surface area contributed by atoms with Crippen molar-refractivity contribution in [3.05, 3.63) is 35.4 Å². The third-order valence-corrected chi connectivity index (χ3v) is 4.25. The standard InChI is InChI=1S/C16H24F2N2/c1-3-20(11-13-5-4-8-19-10-13)12(2)15-9-14(17)6-7-16(15)18/h6-7,9,12-13,19H,3-5,8,10-11H2,1-2H3. The first-order chi connectivity index (χ1) is 9.61. The smallest absolute Gasteiger partial charge is 0.128 e. The van der Waals surface area contributed by atoms with E-state index in [4.69, 9.17) is 0 Å². The Morgan fingerprint density at radius 1 is 1.40 bits per heavy atom. The van der Waals surface area contributed by atoms with E-state index in [1.807, 2.05) is 6.92 Å². The zero-order valence-corrected chi connectivity index (χ0v) is 12.3. The van der Waals surface area contributed by atoms with Crippen molar-refractivity contribution in [2.45, 2.75) is 32.7 Å². The summed E-state index contributed by atoms with van der Waals surface area (Å²) in [6.45, 7) is 7.92. The molecule has 2 atom stereocenters. The lowest BCUT2D eigenvalue weighted by molar-refractivity contribution is 0.168. The number of nitrogens with zero attached hydrogens (tertiary/aromatic N) is 1. The number of benzene rings is 1. The molecule has 1 aromatic carbocycles. The van der Waals surface area contributed by atoms with Gasteiger partial charge >= 0.3 is 0 Å². The van der Waals surface area contributed by atoms with Crippen LogP contribution in [-0.2, 0) is 0 Å². The maximum atomic E-state index is 13.9. The Bertz CT molecular complexity index is 430. The zero-order valence-electron chi connectivity index (χ0n) is 12.3. The first kappa shape index (κ1) is 15.4. The molecule has 0 radical (unpaired) electrons. The molecule has 1 aliphatic heterocycles. The second-order valence-corrected chi connectivity index (χ2v) is 5.64. The third-order valence-electron chi connectivity index (χ3n) is 4.25. The fourth-order valence-corrected chi connectivity index (χ4v) is 3.00. The summed E-state index contributed by atoms with van der Waals surface area (Å²) in [6, 6.07) is 3.61.